The minimum Gasteiger partial charge on any atom is -0.388 e. The van der Waals surface area contributed by atoms with Crippen LogP contribution in [0.25, 0.3) is 0 Å². The van der Waals surface area contributed by atoms with Gasteiger partial charge >= 0.3 is 0 Å². The highest BCUT2D eigenvalue weighted by molar-refractivity contribution is 5.75. The lowest BCUT2D eigenvalue weighted by Gasteiger charge is -2.34. The Labute approximate surface area is 80.1 Å². The number of ether oxygens (including phenoxy) is 1. The predicted molar refractivity (Wildman–Crippen MR) is 46.7 cm³/mol. The molecule has 4 atom stereocenters. The molecule has 1 saturated heterocycles. The summed E-state index contributed by atoms with van der Waals surface area (Å²) in [4.78, 5) is 0. The van der Waals surface area contributed by atoms with Gasteiger partial charge in [0, 0.05) is 0 Å². The molecule has 1 aliphatic heterocycles. The molecular weight excluding hydrogens is 192 g/mol. The summed E-state index contributed by atoms with van der Waals surface area (Å²) in [6, 6.07) is 0. The first-order chi connectivity index (χ1) is 6.52. The predicted octanol–water partition coefficient (Wildman–Crippen LogP) is -3.80. The second kappa shape index (κ2) is 4.42. The van der Waals surface area contributed by atoms with Crippen LogP contribution in [0.3, 0.4) is 0 Å². The van der Waals surface area contributed by atoms with Crippen molar-refractivity contribution in [1.82, 2.24) is 5.43 Å². The van der Waals surface area contributed by atoms with Crippen LogP contribution in [0.5, 0.6) is 0 Å². The van der Waals surface area contributed by atoms with Gasteiger partial charge in [-0.3, -0.25) is 5.43 Å². The molecule has 0 aromatic rings. The van der Waals surface area contributed by atoms with E-state index in [-0.39, 0.29) is 12.6 Å². The fourth-order valence-corrected chi connectivity index (χ4v) is 1.06. The van der Waals surface area contributed by atoms with E-state index in [9.17, 15) is 10.2 Å². The lowest BCUT2D eigenvalue weighted by molar-refractivity contribution is -0.195. The van der Waals surface area contributed by atoms with Crippen molar-refractivity contribution in [3.05, 3.63) is 0 Å². The highest BCUT2D eigenvalue weighted by Crippen LogP contribution is 2.13. The van der Waals surface area contributed by atoms with Gasteiger partial charge in [-0.1, -0.05) is 0 Å². The normalized spacial score (nSPS) is 37.6. The van der Waals surface area contributed by atoms with Gasteiger partial charge in [-0.2, -0.15) is 0 Å². The second-order valence-corrected chi connectivity index (χ2v) is 2.97. The third kappa shape index (κ3) is 2.45. The Morgan fingerprint density at radius 3 is 2.50 bits per heavy atom. The van der Waals surface area contributed by atoms with Crippen LogP contribution in [0, 0.1) is 0 Å². The number of nitrogens with two attached hydrogens (primary N) is 2. The van der Waals surface area contributed by atoms with Crippen molar-refractivity contribution in [3.8, 4) is 0 Å². The Morgan fingerprint density at radius 1 is 1.29 bits per heavy atom. The van der Waals surface area contributed by atoms with Crippen LogP contribution in [0.2, 0.25) is 0 Å². The van der Waals surface area contributed by atoms with E-state index in [1.807, 2.05) is 0 Å². The SMILES string of the molecule is NC(N)=NN[C@H]1OC[C@@H](O)[C@@H](O)[C@@H]1O. The number of guanidine groups is 1. The summed E-state index contributed by atoms with van der Waals surface area (Å²) in [7, 11) is 0. The molecule has 0 aromatic heterocycles. The number of hydrogen-bond acceptors (Lipinski definition) is 6. The number of aliphatic hydroxyl groups excluding tert-OH is 3. The zero-order valence-electron chi connectivity index (χ0n) is 7.37. The summed E-state index contributed by atoms with van der Waals surface area (Å²) in [5, 5.41) is 31.1. The Hall–Kier alpha value is -1.09. The van der Waals surface area contributed by atoms with E-state index in [1.165, 1.54) is 0 Å². The van der Waals surface area contributed by atoms with Crippen molar-refractivity contribution >= 4 is 5.96 Å². The van der Waals surface area contributed by atoms with Crippen molar-refractivity contribution in [2.45, 2.75) is 24.5 Å². The van der Waals surface area contributed by atoms with E-state index >= 15 is 0 Å². The van der Waals surface area contributed by atoms with Gasteiger partial charge in [-0.25, -0.2) is 0 Å². The minimum atomic E-state index is -1.29. The molecule has 1 rings (SSSR count). The molecule has 82 valence electrons. The average molecular weight is 206 g/mol. The molecule has 1 fully saturated rings. The molecule has 0 radical (unpaired) electrons. The van der Waals surface area contributed by atoms with Crippen LogP contribution < -0.4 is 16.9 Å². The number of aliphatic hydroxyl groups is 3. The zero-order valence-corrected chi connectivity index (χ0v) is 7.37. The van der Waals surface area contributed by atoms with Crippen LogP contribution in [-0.2, 0) is 4.74 Å². The summed E-state index contributed by atoms with van der Waals surface area (Å²) in [6.45, 7) is -0.101. The summed E-state index contributed by atoms with van der Waals surface area (Å²) in [5.74, 6) is -0.221. The van der Waals surface area contributed by atoms with Crippen molar-refractivity contribution in [3.63, 3.8) is 0 Å². The van der Waals surface area contributed by atoms with Gasteiger partial charge in [0.25, 0.3) is 0 Å². The van der Waals surface area contributed by atoms with E-state index < -0.39 is 24.5 Å². The summed E-state index contributed by atoms with van der Waals surface area (Å²) in [5.41, 5.74) is 12.4. The molecule has 0 aliphatic carbocycles. The lowest BCUT2D eigenvalue weighted by atomic mass is 10.1. The van der Waals surface area contributed by atoms with Crippen LogP contribution in [-0.4, -0.2) is 52.4 Å². The molecule has 0 spiro atoms. The zero-order chi connectivity index (χ0) is 10.7. The molecule has 1 heterocycles. The van der Waals surface area contributed by atoms with Gasteiger partial charge in [-0.05, 0) is 0 Å². The average Bonchev–Trinajstić information content (AvgIpc) is 2.13. The third-order valence-electron chi connectivity index (χ3n) is 1.82. The van der Waals surface area contributed by atoms with Crippen molar-refractivity contribution < 1.29 is 20.1 Å². The molecule has 8 N–H and O–H groups in total. The largest absolute Gasteiger partial charge is 0.388 e. The Bertz CT molecular complexity index is 220. The Morgan fingerprint density at radius 2 is 1.93 bits per heavy atom. The van der Waals surface area contributed by atoms with E-state index in [0.29, 0.717) is 0 Å². The number of nitrogens with zero attached hydrogens (tertiary/aromatic N) is 1. The van der Waals surface area contributed by atoms with Gasteiger partial charge in [0.15, 0.2) is 6.23 Å². The van der Waals surface area contributed by atoms with Gasteiger partial charge in [0.1, 0.15) is 18.3 Å². The molecule has 0 bridgehead atoms. The highest BCUT2D eigenvalue weighted by Gasteiger charge is 2.37. The number of rotatable bonds is 2. The van der Waals surface area contributed by atoms with Crippen LogP contribution in [0.1, 0.15) is 0 Å². The number of nitrogens with one attached hydrogen (secondary N) is 1. The highest BCUT2D eigenvalue weighted by atomic mass is 16.5. The summed E-state index contributed by atoms with van der Waals surface area (Å²) in [6.07, 6.45) is -4.62. The quantitative estimate of drug-likeness (QED) is 0.154. The van der Waals surface area contributed by atoms with Gasteiger partial charge < -0.3 is 31.5 Å². The summed E-state index contributed by atoms with van der Waals surface area (Å²) >= 11 is 0. The molecule has 8 heteroatoms. The fourth-order valence-electron chi connectivity index (χ4n) is 1.06. The van der Waals surface area contributed by atoms with Gasteiger partial charge in [0.05, 0.1) is 6.61 Å². The molecule has 0 aromatic carbocycles. The van der Waals surface area contributed by atoms with E-state index in [4.69, 9.17) is 21.3 Å². The molecule has 0 amide bonds. The lowest BCUT2D eigenvalue weighted by Crippen LogP contribution is -2.57. The molecular formula is C6H14N4O4. The third-order valence-corrected chi connectivity index (χ3v) is 1.82. The maximum Gasteiger partial charge on any atom is 0.208 e. The van der Waals surface area contributed by atoms with Crippen molar-refractivity contribution in [1.29, 1.82) is 0 Å². The summed E-state index contributed by atoms with van der Waals surface area (Å²) < 4.78 is 4.93. The number of hydrogen-bond donors (Lipinski definition) is 6. The van der Waals surface area contributed by atoms with Crippen molar-refractivity contribution in [2.24, 2.45) is 16.6 Å². The Kier molecular flexibility index (Phi) is 3.47. The van der Waals surface area contributed by atoms with E-state index in [1.54, 1.807) is 0 Å². The molecule has 1 aliphatic rings. The first-order valence-corrected chi connectivity index (χ1v) is 4.02. The first-order valence-electron chi connectivity index (χ1n) is 4.02. The second-order valence-electron chi connectivity index (χ2n) is 2.97. The maximum atomic E-state index is 9.37. The molecule has 0 saturated carbocycles. The monoisotopic (exact) mass is 206 g/mol. The first kappa shape index (κ1) is 11.0. The minimum absolute atomic E-state index is 0.101. The molecule has 8 nitrogen and oxygen atoms in total. The van der Waals surface area contributed by atoms with Crippen molar-refractivity contribution in [2.75, 3.05) is 6.61 Å². The standard InChI is InChI=1S/C6H14N4O4/c7-6(8)10-9-5-4(13)3(12)2(11)1-14-5/h2-5,9,11-13H,1H2,(H4,7,8,10)/t2-,3-,4+,5+/m1/s1. The molecule has 0 unspecified atom stereocenters. The van der Waals surface area contributed by atoms with E-state index in [2.05, 4.69) is 10.5 Å². The smallest absolute Gasteiger partial charge is 0.208 e. The van der Waals surface area contributed by atoms with Crippen LogP contribution in [0.4, 0.5) is 0 Å². The van der Waals surface area contributed by atoms with Gasteiger partial charge in [0.2, 0.25) is 5.96 Å². The van der Waals surface area contributed by atoms with Gasteiger partial charge in [-0.15, -0.1) is 5.10 Å². The number of hydrazone groups is 1. The van der Waals surface area contributed by atoms with Crippen LogP contribution >= 0.6 is 0 Å². The topological polar surface area (TPSA) is 146 Å². The molecule has 14 heavy (non-hydrogen) atoms. The van der Waals surface area contributed by atoms with E-state index in [0.717, 1.165) is 0 Å². The maximum absolute atomic E-state index is 9.37. The Balaban J connectivity index is 2.51. The fraction of sp³-hybridized carbons (Fsp3) is 0.833. The van der Waals surface area contributed by atoms with Crippen LogP contribution in [0.15, 0.2) is 5.10 Å².